The highest BCUT2D eigenvalue weighted by molar-refractivity contribution is 4.81. The molecule has 2 N–H and O–H groups in total. The van der Waals surface area contributed by atoms with Crippen LogP contribution in [0.5, 0.6) is 0 Å². The lowest BCUT2D eigenvalue weighted by atomic mass is 10.1. The first-order valence-electron chi connectivity index (χ1n) is 6.74. The number of nitrogens with one attached hydrogen (secondary N) is 1. The molecule has 2 nitrogen and oxygen atoms in total. The third-order valence-electron chi connectivity index (χ3n) is 3.11. The molecule has 1 unspecified atom stereocenters. The normalized spacial score (nSPS) is 18.0. The first kappa shape index (κ1) is 13.0. The number of aliphatic hydroxyl groups is 1. The van der Waals surface area contributed by atoms with Crippen LogP contribution in [0.1, 0.15) is 64.7 Å². The zero-order chi connectivity index (χ0) is 10.9. The van der Waals surface area contributed by atoms with E-state index in [2.05, 4.69) is 12.2 Å². The van der Waals surface area contributed by atoms with Crippen LogP contribution in [-0.2, 0) is 0 Å². The lowest BCUT2D eigenvalue weighted by molar-refractivity contribution is 0.157. The van der Waals surface area contributed by atoms with Gasteiger partial charge in [-0.15, -0.1) is 0 Å². The fourth-order valence-corrected chi connectivity index (χ4v) is 1.85. The first-order chi connectivity index (χ1) is 7.33. The van der Waals surface area contributed by atoms with Crippen LogP contribution in [0.15, 0.2) is 0 Å². The van der Waals surface area contributed by atoms with Crippen LogP contribution < -0.4 is 5.32 Å². The zero-order valence-corrected chi connectivity index (χ0v) is 10.2. The summed E-state index contributed by atoms with van der Waals surface area (Å²) in [5.74, 6) is 0. The van der Waals surface area contributed by atoms with Gasteiger partial charge in [-0.05, 0) is 19.3 Å². The Labute approximate surface area is 94.5 Å². The van der Waals surface area contributed by atoms with Crippen molar-refractivity contribution in [2.24, 2.45) is 0 Å². The minimum atomic E-state index is -0.114. The van der Waals surface area contributed by atoms with Gasteiger partial charge < -0.3 is 10.4 Å². The van der Waals surface area contributed by atoms with Gasteiger partial charge in [0.05, 0.1) is 6.10 Å². The van der Waals surface area contributed by atoms with Gasteiger partial charge in [0.25, 0.3) is 0 Å². The van der Waals surface area contributed by atoms with Crippen molar-refractivity contribution >= 4 is 0 Å². The van der Waals surface area contributed by atoms with Gasteiger partial charge in [-0.25, -0.2) is 0 Å². The van der Waals surface area contributed by atoms with Crippen molar-refractivity contribution in [3.8, 4) is 0 Å². The van der Waals surface area contributed by atoms with E-state index in [4.69, 9.17) is 0 Å². The van der Waals surface area contributed by atoms with Crippen molar-refractivity contribution in [3.05, 3.63) is 0 Å². The van der Waals surface area contributed by atoms with Gasteiger partial charge in [-0.1, -0.05) is 45.4 Å². The van der Waals surface area contributed by atoms with E-state index >= 15 is 0 Å². The van der Waals surface area contributed by atoms with Gasteiger partial charge in [0.15, 0.2) is 0 Å². The van der Waals surface area contributed by atoms with Crippen molar-refractivity contribution < 1.29 is 5.11 Å². The monoisotopic (exact) mass is 213 g/mol. The van der Waals surface area contributed by atoms with E-state index in [9.17, 15) is 5.11 Å². The summed E-state index contributed by atoms with van der Waals surface area (Å²) in [4.78, 5) is 0. The van der Waals surface area contributed by atoms with E-state index in [1.807, 2.05) is 0 Å². The van der Waals surface area contributed by atoms with Crippen LogP contribution in [0, 0.1) is 0 Å². The summed E-state index contributed by atoms with van der Waals surface area (Å²) in [5.41, 5.74) is 0. The third-order valence-corrected chi connectivity index (χ3v) is 3.11. The lowest BCUT2D eigenvalue weighted by Gasteiger charge is -2.10. The van der Waals surface area contributed by atoms with E-state index < -0.39 is 0 Å². The molecule has 0 radical (unpaired) electrons. The average Bonchev–Trinajstić information content (AvgIpc) is 3.04. The molecule has 0 amide bonds. The molecular formula is C13H27NO. The minimum absolute atomic E-state index is 0.114. The van der Waals surface area contributed by atoms with Gasteiger partial charge in [0.2, 0.25) is 0 Å². The molecular weight excluding hydrogens is 186 g/mol. The largest absolute Gasteiger partial charge is 0.392 e. The first-order valence-corrected chi connectivity index (χ1v) is 6.74. The van der Waals surface area contributed by atoms with E-state index in [0.717, 1.165) is 19.0 Å². The van der Waals surface area contributed by atoms with Gasteiger partial charge >= 0.3 is 0 Å². The topological polar surface area (TPSA) is 32.3 Å². The summed E-state index contributed by atoms with van der Waals surface area (Å²) in [7, 11) is 0. The molecule has 0 aromatic carbocycles. The Hall–Kier alpha value is -0.0800. The molecule has 1 fully saturated rings. The maximum Gasteiger partial charge on any atom is 0.0664 e. The second-order valence-electron chi connectivity index (χ2n) is 4.89. The number of aliphatic hydroxyl groups excluding tert-OH is 1. The summed E-state index contributed by atoms with van der Waals surface area (Å²) in [6.45, 7) is 3.05. The summed E-state index contributed by atoms with van der Waals surface area (Å²) in [6, 6.07) is 0.726. The Morgan fingerprint density at radius 1 is 1.13 bits per heavy atom. The maximum absolute atomic E-state index is 9.67. The minimum Gasteiger partial charge on any atom is -0.392 e. The molecule has 1 rings (SSSR count). The molecule has 0 bridgehead atoms. The van der Waals surface area contributed by atoms with Crippen molar-refractivity contribution in [1.82, 2.24) is 5.32 Å². The summed E-state index contributed by atoms with van der Waals surface area (Å²) in [6.07, 6.45) is 11.4. The smallest absolute Gasteiger partial charge is 0.0664 e. The van der Waals surface area contributed by atoms with E-state index in [1.54, 1.807) is 0 Å². The fraction of sp³-hybridized carbons (Fsp3) is 1.00. The highest BCUT2D eigenvalue weighted by Crippen LogP contribution is 2.18. The van der Waals surface area contributed by atoms with Crippen LogP contribution in [0.4, 0.5) is 0 Å². The highest BCUT2D eigenvalue weighted by Gasteiger charge is 2.20. The van der Waals surface area contributed by atoms with Gasteiger partial charge in [-0.2, -0.15) is 0 Å². The summed E-state index contributed by atoms with van der Waals surface area (Å²) in [5, 5.41) is 13.0. The number of rotatable bonds is 10. The third kappa shape index (κ3) is 7.80. The molecule has 0 aliphatic heterocycles. The van der Waals surface area contributed by atoms with Crippen molar-refractivity contribution in [2.45, 2.75) is 76.9 Å². The standard InChI is InChI=1S/C13H27NO/c1-2-3-4-5-6-7-8-13(15)11-14-12-9-10-12/h12-15H,2-11H2,1H3. The van der Waals surface area contributed by atoms with Crippen LogP contribution in [0.3, 0.4) is 0 Å². The number of hydrogen-bond donors (Lipinski definition) is 2. The Balaban J connectivity index is 1.77. The molecule has 1 atom stereocenters. The Morgan fingerprint density at radius 3 is 2.47 bits per heavy atom. The quantitative estimate of drug-likeness (QED) is 0.547. The summed E-state index contributed by atoms with van der Waals surface area (Å²) < 4.78 is 0. The molecule has 0 aromatic rings. The van der Waals surface area contributed by atoms with Crippen LogP contribution in [0.2, 0.25) is 0 Å². The maximum atomic E-state index is 9.67. The Bertz CT molecular complexity index is 145. The number of unbranched alkanes of at least 4 members (excludes halogenated alkanes) is 5. The zero-order valence-electron chi connectivity index (χ0n) is 10.2. The molecule has 90 valence electrons. The molecule has 1 aliphatic rings. The predicted octanol–water partition coefficient (Wildman–Crippen LogP) is 2.85. The van der Waals surface area contributed by atoms with Gasteiger partial charge in [0, 0.05) is 12.6 Å². The van der Waals surface area contributed by atoms with Gasteiger partial charge in [-0.3, -0.25) is 0 Å². The van der Waals surface area contributed by atoms with E-state index in [1.165, 1.54) is 51.4 Å². The lowest BCUT2D eigenvalue weighted by Crippen LogP contribution is -2.28. The molecule has 0 aromatic heterocycles. The van der Waals surface area contributed by atoms with Gasteiger partial charge in [0.1, 0.15) is 0 Å². The van der Waals surface area contributed by atoms with E-state index in [0.29, 0.717) is 0 Å². The van der Waals surface area contributed by atoms with Crippen molar-refractivity contribution in [1.29, 1.82) is 0 Å². The molecule has 0 saturated heterocycles. The molecule has 0 heterocycles. The van der Waals surface area contributed by atoms with Crippen LogP contribution in [0.25, 0.3) is 0 Å². The SMILES string of the molecule is CCCCCCCCC(O)CNC1CC1. The van der Waals surface area contributed by atoms with Crippen molar-refractivity contribution in [3.63, 3.8) is 0 Å². The van der Waals surface area contributed by atoms with E-state index in [-0.39, 0.29) is 6.10 Å². The Kier molecular flexibility index (Phi) is 7.03. The summed E-state index contributed by atoms with van der Waals surface area (Å²) >= 11 is 0. The molecule has 0 spiro atoms. The predicted molar refractivity (Wildman–Crippen MR) is 65.0 cm³/mol. The second kappa shape index (κ2) is 8.12. The van der Waals surface area contributed by atoms with Crippen LogP contribution >= 0.6 is 0 Å². The fourth-order valence-electron chi connectivity index (χ4n) is 1.85. The average molecular weight is 213 g/mol. The van der Waals surface area contributed by atoms with Crippen LogP contribution in [-0.4, -0.2) is 23.8 Å². The van der Waals surface area contributed by atoms with Crippen molar-refractivity contribution in [2.75, 3.05) is 6.54 Å². The Morgan fingerprint density at radius 2 is 1.80 bits per heavy atom. The molecule has 1 aliphatic carbocycles. The highest BCUT2D eigenvalue weighted by atomic mass is 16.3. The second-order valence-corrected chi connectivity index (χ2v) is 4.89. The number of hydrogen-bond acceptors (Lipinski definition) is 2. The molecule has 2 heteroatoms. The molecule has 15 heavy (non-hydrogen) atoms. The molecule has 1 saturated carbocycles.